The molecule has 0 aromatic rings. The van der Waals surface area contributed by atoms with Crippen LogP contribution in [-0.4, -0.2) is 17.0 Å². The lowest BCUT2D eigenvalue weighted by Crippen LogP contribution is -2.30. The second-order valence-electron chi connectivity index (χ2n) is 2.78. The minimum Gasteiger partial charge on any atom is -0.508 e. The van der Waals surface area contributed by atoms with Gasteiger partial charge < -0.3 is 9.84 Å². The molecule has 0 amide bonds. The molecule has 2 rings (SSSR count). The van der Waals surface area contributed by atoms with E-state index in [4.69, 9.17) is 9.84 Å². The Hall–Kier alpha value is -1.51. The van der Waals surface area contributed by atoms with E-state index in [-0.39, 0.29) is 23.6 Å². The van der Waals surface area contributed by atoms with Crippen LogP contribution in [0.1, 0.15) is 0 Å². The molecule has 0 radical (unpaired) electrons. The van der Waals surface area contributed by atoms with Gasteiger partial charge in [-0.1, -0.05) is 6.08 Å². The summed E-state index contributed by atoms with van der Waals surface area (Å²) in [4.78, 5) is 11.2. The van der Waals surface area contributed by atoms with Crippen LogP contribution in [0.15, 0.2) is 36.3 Å². The van der Waals surface area contributed by atoms with Crippen molar-refractivity contribution in [3.8, 4) is 0 Å². The summed E-state index contributed by atoms with van der Waals surface area (Å²) >= 11 is 0. The van der Waals surface area contributed by atoms with Gasteiger partial charge >= 0.3 is 0 Å². The lowest BCUT2D eigenvalue weighted by Gasteiger charge is -2.25. The van der Waals surface area contributed by atoms with E-state index in [2.05, 4.69) is 0 Å². The van der Waals surface area contributed by atoms with Gasteiger partial charge in [-0.05, 0) is 12.2 Å². The summed E-state index contributed by atoms with van der Waals surface area (Å²) in [6, 6.07) is 0. The van der Waals surface area contributed by atoms with Gasteiger partial charge in [0.15, 0.2) is 5.78 Å². The summed E-state index contributed by atoms with van der Waals surface area (Å²) in [5.74, 6) is -0.0866. The molecule has 2 aliphatic rings. The quantitative estimate of drug-likeness (QED) is 0.583. The Kier molecular flexibility index (Phi) is 1.50. The lowest BCUT2D eigenvalue weighted by molar-refractivity contribution is -0.120. The normalized spacial score (nSPS) is 32.3. The molecule has 1 aliphatic heterocycles. The number of allylic oxidation sites excluding steroid dienone is 2. The number of hydrogen-bond acceptors (Lipinski definition) is 3. The summed E-state index contributed by atoms with van der Waals surface area (Å²) in [6.07, 6.45) is 7.15. The third-order valence-corrected chi connectivity index (χ3v) is 1.96. The first-order valence-electron chi connectivity index (χ1n) is 3.72. The fourth-order valence-corrected chi connectivity index (χ4v) is 1.33. The van der Waals surface area contributed by atoms with Crippen molar-refractivity contribution in [1.82, 2.24) is 0 Å². The molecule has 1 heterocycles. The molecule has 12 heavy (non-hydrogen) atoms. The smallest absolute Gasteiger partial charge is 0.169 e. The number of hydrogen-bond donors (Lipinski definition) is 1. The average Bonchev–Trinajstić information content (AvgIpc) is 2.04. The number of carbonyl (C=O) groups excluding carboxylic acids is 1. The first kappa shape index (κ1) is 7.16. The zero-order valence-corrected chi connectivity index (χ0v) is 6.31. The predicted octanol–water partition coefficient (Wildman–Crippen LogP) is 1.10. The van der Waals surface area contributed by atoms with Crippen molar-refractivity contribution in [1.29, 1.82) is 0 Å². The Bertz CT molecular complexity index is 299. The Morgan fingerprint density at radius 2 is 2.25 bits per heavy atom. The second-order valence-corrected chi connectivity index (χ2v) is 2.78. The van der Waals surface area contributed by atoms with Crippen molar-refractivity contribution in [3.63, 3.8) is 0 Å². The van der Waals surface area contributed by atoms with Crippen LogP contribution < -0.4 is 0 Å². The Morgan fingerprint density at radius 1 is 1.42 bits per heavy atom. The first-order chi connectivity index (χ1) is 5.77. The van der Waals surface area contributed by atoms with Gasteiger partial charge in [-0.3, -0.25) is 4.79 Å². The fraction of sp³-hybridized carbons (Fsp3) is 0.222. The van der Waals surface area contributed by atoms with Crippen molar-refractivity contribution >= 4 is 5.78 Å². The van der Waals surface area contributed by atoms with E-state index in [1.165, 1.54) is 24.5 Å². The number of aliphatic hydroxyl groups excluding tert-OH is 1. The van der Waals surface area contributed by atoms with Crippen LogP contribution in [0.2, 0.25) is 0 Å². The second kappa shape index (κ2) is 2.52. The molecule has 3 heteroatoms. The molecule has 2 unspecified atom stereocenters. The largest absolute Gasteiger partial charge is 0.508 e. The van der Waals surface area contributed by atoms with Crippen LogP contribution in [0, 0.1) is 5.92 Å². The standard InChI is InChI=1S/C9H8O3/c10-6-1-2-7-8(11)3-4-12-9(7)5-6/h1-5,7,9-10H. The van der Waals surface area contributed by atoms with E-state index < -0.39 is 0 Å². The molecular formula is C9H8O3. The molecule has 0 aromatic heterocycles. The number of fused-ring (bicyclic) bond motifs is 1. The highest BCUT2D eigenvalue weighted by molar-refractivity contribution is 5.94. The minimum absolute atomic E-state index is 0.0197. The maximum absolute atomic E-state index is 11.2. The Labute approximate surface area is 69.6 Å². The van der Waals surface area contributed by atoms with Crippen LogP contribution in [-0.2, 0) is 9.53 Å². The number of ketones is 1. The summed E-state index contributed by atoms with van der Waals surface area (Å²) in [6.45, 7) is 0. The van der Waals surface area contributed by atoms with E-state index in [9.17, 15) is 4.79 Å². The van der Waals surface area contributed by atoms with Crippen LogP contribution >= 0.6 is 0 Å². The molecule has 0 aromatic carbocycles. The van der Waals surface area contributed by atoms with Gasteiger partial charge in [0.25, 0.3) is 0 Å². The van der Waals surface area contributed by atoms with Gasteiger partial charge in [0.2, 0.25) is 0 Å². The summed E-state index contributed by atoms with van der Waals surface area (Å²) in [5, 5.41) is 9.09. The Balaban J connectivity index is 2.31. The van der Waals surface area contributed by atoms with Crippen LogP contribution in [0.25, 0.3) is 0 Å². The lowest BCUT2D eigenvalue weighted by atomic mass is 9.91. The van der Waals surface area contributed by atoms with Gasteiger partial charge in [0.1, 0.15) is 11.9 Å². The zero-order valence-electron chi connectivity index (χ0n) is 6.31. The monoisotopic (exact) mass is 164 g/mol. The topological polar surface area (TPSA) is 46.5 Å². The molecule has 0 spiro atoms. The van der Waals surface area contributed by atoms with E-state index >= 15 is 0 Å². The van der Waals surface area contributed by atoms with Gasteiger partial charge in [-0.15, -0.1) is 0 Å². The summed E-state index contributed by atoms with van der Waals surface area (Å²) in [5.41, 5.74) is 0. The number of rotatable bonds is 0. The van der Waals surface area contributed by atoms with Gasteiger partial charge in [-0.25, -0.2) is 0 Å². The van der Waals surface area contributed by atoms with E-state index in [1.807, 2.05) is 0 Å². The minimum atomic E-state index is -0.326. The molecule has 0 fully saturated rings. The Morgan fingerprint density at radius 3 is 3.08 bits per heavy atom. The van der Waals surface area contributed by atoms with E-state index in [0.717, 1.165) is 0 Å². The van der Waals surface area contributed by atoms with Gasteiger partial charge in [0, 0.05) is 6.08 Å². The molecule has 0 bridgehead atoms. The van der Waals surface area contributed by atoms with Crippen molar-refractivity contribution in [3.05, 3.63) is 36.3 Å². The van der Waals surface area contributed by atoms with Crippen LogP contribution in [0.3, 0.4) is 0 Å². The van der Waals surface area contributed by atoms with E-state index in [1.54, 1.807) is 6.08 Å². The summed E-state index contributed by atoms with van der Waals surface area (Å²) < 4.78 is 5.13. The number of aliphatic hydroxyl groups is 1. The molecular weight excluding hydrogens is 156 g/mol. The van der Waals surface area contributed by atoms with Crippen LogP contribution in [0.5, 0.6) is 0 Å². The highest BCUT2D eigenvalue weighted by Gasteiger charge is 2.29. The average molecular weight is 164 g/mol. The molecule has 1 aliphatic carbocycles. The van der Waals surface area contributed by atoms with Crippen molar-refractivity contribution in [2.45, 2.75) is 6.10 Å². The van der Waals surface area contributed by atoms with Crippen molar-refractivity contribution < 1.29 is 14.6 Å². The SMILES string of the molecule is O=C1C=COC2C=C(O)C=CC12. The maximum Gasteiger partial charge on any atom is 0.169 e. The fourth-order valence-electron chi connectivity index (χ4n) is 1.33. The molecule has 62 valence electrons. The van der Waals surface area contributed by atoms with Crippen molar-refractivity contribution in [2.24, 2.45) is 5.92 Å². The van der Waals surface area contributed by atoms with Crippen LogP contribution in [0.4, 0.5) is 0 Å². The third kappa shape index (κ3) is 1.03. The zero-order chi connectivity index (χ0) is 8.55. The molecule has 3 nitrogen and oxygen atoms in total. The van der Waals surface area contributed by atoms with Gasteiger partial charge in [0.05, 0.1) is 12.2 Å². The summed E-state index contributed by atoms with van der Waals surface area (Å²) in [7, 11) is 0. The molecule has 0 saturated heterocycles. The highest BCUT2D eigenvalue weighted by atomic mass is 16.5. The number of carbonyl (C=O) groups is 1. The molecule has 2 atom stereocenters. The highest BCUT2D eigenvalue weighted by Crippen LogP contribution is 2.23. The third-order valence-electron chi connectivity index (χ3n) is 1.96. The molecule has 1 N–H and O–H groups in total. The predicted molar refractivity (Wildman–Crippen MR) is 42.4 cm³/mol. The van der Waals surface area contributed by atoms with Gasteiger partial charge in [-0.2, -0.15) is 0 Å². The van der Waals surface area contributed by atoms with Crippen molar-refractivity contribution in [2.75, 3.05) is 0 Å². The first-order valence-corrected chi connectivity index (χ1v) is 3.72. The van der Waals surface area contributed by atoms with E-state index in [0.29, 0.717) is 0 Å². The molecule has 0 saturated carbocycles. The maximum atomic E-state index is 11.2. The number of ether oxygens (including phenoxy) is 1.